The number of benzene rings is 1. The molecule has 1 aromatic carbocycles. The van der Waals surface area contributed by atoms with Crippen LogP contribution in [-0.2, 0) is 9.59 Å². The van der Waals surface area contributed by atoms with E-state index in [1.54, 1.807) is 0 Å². The van der Waals surface area contributed by atoms with Crippen molar-refractivity contribution in [1.82, 2.24) is 4.90 Å². The first-order valence-electron chi connectivity index (χ1n) is 7.27. The summed E-state index contributed by atoms with van der Waals surface area (Å²) < 4.78 is 0. The molecule has 1 saturated heterocycles. The fourth-order valence-corrected chi connectivity index (χ4v) is 3.15. The number of nitrogens with zero attached hydrogens (tertiary/aromatic N) is 1. The Hall–Kier alpha value is -1.84. The molecule has 2 aliphatic rings. The van der Waals surface area contributed by atoms with Crippen LogP contribution in [0, 0.1) is 11.8 Å². The van der Waals surface area contributed by atoms with Crippen molar-refractivity contribution in [2.24, 2.45) is 11.8 Å². The van der Waals surface area contributed by atoms with Crippen molar-refractivity contribution in [2.75, 3.05) is 18.4 Å². The number of rotatable bonds is 3. The normalized spacial score (nSPS) is 28.7. The maximum absolute atomic E-state index is 12.1. The molecule has 3 rings (SSSR count). The summed E-state index contributed by atoms with van der Waals surface area (Å²) in [6.45, 7) is 5.11. The van der Waals surface area contributed by atoms with E-state index < -0.39 is 0 Å². The second kappa shape index (κ2) is 4.93. The third kappa shape index (κ3) is 1.99. The quantitative estimate of drug-likeness (QED) is 0.858. The van der Waals surface area contributed by atoms with E-state index in [9.17, 15) is 9.59 Å². The number of likely N-dealkylation sites (tertiary alicyclic amines) is 1. The van der Waals surface area contributed by atoms with Gasteiger partial charge in [0.25, 0.3) is 0 Å². The summed E-state index contributed by atoms with van der Waals surface area (Å²) >= 11 is 0. The van der Waals surface area contributed by atoms with Gasteiger partial charge in [0, 0.05) is 36.5 Å². The minimum absolute atomic E-state index is 0.0123. The third-order valence-corrected chi connectivity index (χ3v) is 4.70. The van der Waals surface area contributed by atoms with Crippen LogP contribution in [-0.4, -0.2) is 29.8 Å². The first kappa shape index (κ1) is 13.2. The van der Waals surface area contributed by atoms with Crippen molar-refractivity contribution in [1.29, 1.82) is 0 Å². The SMILES string of the molecule is CC1C(=O)N(CCC2CNc3ccccc32)C(=O)C1C. The topological polar surface area (TPSA) is 49.4 Å². The predicted octanol–water partition coefficient (Wildman–Crippen LogP) is 2.23. The van der Waals surface area contributed by atoms with Crippen molar-refractivity contribution < 1.29 is 9.59 Å². The van der Waals surface area contributed by atoms with Crippen molar-refractivity contribution in [3.05, 3.63) is 29.8 Å². The summed E-state index contributed by atoms with van der Waals surface area (Å²) in [4.78, 5) is 25.6. The van der Waals surface area contributed by atoms with Crippen LogP contribution in [0.5, 0.6) is 0 Å². The lowest BCUT2D eigenvalue weighted by Crippen LogP contribution is -2.32. The summed E-state index contributed by atoms with van der Waals surface area (Å²) in [5.41, 5.74) is 2.48. The Labute approximate surface area is 119 Å². The fourth-order valence-electron chi connectivity index (χ4n) is 3.15. The average Bonchev–Trinajstić information content (AvgIpc) is 2.95. The van der Waals surface area contributed by atoms with Gasteiger partial charge in [-0.2, -0.15) is 0 Å². The highest BCUT2D eigenvalue weighted by Crippen LogP contribution is 2.34. The van der Waals surface area contributed by atoms with Gasteiger partial charge in [0.15, 0.2) is 0 Å². The number of anilines is 1. The van der Waals surface area contributed by atoms with Crippen molar-refractivity contribution in [3.63, 3.8) is 0 Å². The van der Waals surface area contributed by atoms with Crippen LogP contribution >= 0.6 is 0 Å². The van der Waals surface area contributed by atoms with Crippen LogP contribution in [0.4, 0.5) is 5.69 Å². The molecule has 1 aromatic rings. The standard InChI is InChI=1S/C16H20N2O2/c1-10-11(2)16(20)18(15(10)19)8-7-12-9-17-14-6-4-3-5-13(12)14/h3-6,10-12,17H,7-9H2,1-2H3. The highest BCUT2D eigenvalue weighted by molar-refractivity contribution is 6.04. The van der Waals surface area contributed by atoms with Gasteiger partial charge in [0.05, 0.1) is 0 Å². The number of para-hydroxylation sites is 1. The van der Waals surface area contributed by atoms with Crippen LogP contribution in [0.2, 0.25) is 0 Å². The molecule has 0 aromatic heterocycles. The molecule has 4 heteroatoms. The van der Waals surface area contributed by atoms with Gasteiger partial charge >= 0.3 is 0 Å². The summed E-state index contributed by atoms with van der Waals surface area (Å²) in [7, 11) is 0. The van der Waals surface area contributed by atoms with Crippen molar-refractivity contribution >= 4 is 17.5 Å². The van der Waals surface area contributed by atoms with E-state index in [1.165, 1.54) is 16.2 Å². The minimum atomic E-state index is -0.170. The molecular weight excluding hydrogens is 252 g/mol. The van der Waals surface area contributed by atoms with Crippen LogP contribution in [0.15, 0.2) is 24.3 Å². The smallest absolute Gasteiger partial charge is 0.232 e. The maximum atomic E-state index is 12.1. The Morgan fingerprint density at radius 3 is 2.50 bits per heavy atom. The third-order valence-electron chi connectivity index (χ3n) is 4.70. The molecule has 1 N–H and O–H groups in total. The molecule has 0 spiro atoms. The fraction of sp³-hybridized carbons (Fsp3) is 0.500. The molecule has 106 valence electrons. The Morgan fingerprint density at radius 2 is 1.80 bits per heavy atom. The van der Waals surface area contributed by atoms with E-state index in [0.717, 1.165) is 13.0 Å². The highest BCUT2D eigenvalue weighted by atomic mass is 16.2. The Kier molecular flexibility index (Phi) is 3.24. The van der Waals surface area contributed by atoms with Crippen LogP contribution in [0.25, 0.3) is 0 Å². The van der Waals surface area contributed by atoms with E-state index in [4.69, 9.17) is 0 Å². The number of nitrogens with one attached hydrogen (secondary N) is 1. The molecule has 0 aliphatic carbocycles. The molecule has 0 saturated carbocycles. The summed E-state index contributed by atoms with van der Waals surface area (Å²) in [5.74, 6) is 0.0227. The molecule has 1 fully saturated rings. The molecule has 4 nitrogen and oxygen atoms in total. The first-order valence-corrected chi connectivity index (χ1v) is 7.27. The van der Waals surface area contributed by atoms with Gasteiger partial charge in [0.2, 0.25) is 11.8 Å². The monoisotopic (exact) mass is 272 g/mol. The number of amides is 2. The number of carbonyl (C=O) groups excluding carboxylic acids is 2. The van der Waals surface area contributed by atoms with E-state index >= 15 is 0 Å². The molecule has 3 unspecified atom stereocenters. The van der Waals surface area contributed by atoms with Gasteiger partial charge in [-0.3, -0.25) is 14.5 Å². The number of fused-ring (bicyclic) bond motifs is 1. The Bertz CT molecular complexity index is 535. The van der Waals surface area contributed by atoms with Gasteiger partial charge in [-0.1, -0.05) is 32.0 Å². The van der Waals surface area contributed by atoms with Crippen LogP contribution in [0.3, 0.4) is 0 Å². The second-order valence-corrected chi connectivity index (χ2v) is 5.86. The second-order valence-electron chi connectivity index (χ2n) is 5.86. The predicted molar refractivity (Wildman–Crippen MR) is 77.3 cm³/mol. The largest absolute Gasteiger partial charge is 0.384 e. The summed E-state index contributed by atoms with van der Waals surface area (Å²) in [5, 5.41) is 3.38. The van der Waals surface area contributed by atoms with Crippen LogP contribution < -0.4 is 5.32 Å². The average molecular weight is 272 g/mol. The molecule has 20 heavy (non-hydrogen) atoms. The van der Waals surface area contributed by atoms with Gasteiger partial charge < -0.3 is 5.32 Å². The van der Waals surface area contributed by atoms with Gasteiger partial charge in [0.1, 0.15) is 0 Å². The number of imide groups is 1. The van der Waals surface area contributed by atoms with Crippen LogP contribution in [0.1, 0.15) is 31.7 Å². The highest BCUT2D eigenvalue weighted by Gasteiger charge is 2.42. The lowest BCUT2D eigenvalue weighted by atomic mass is 9.98. The number of hydrogen-bond acceptors (Lipinski definition) is 3. The Morgan fingerprint density at radius 1 is 1.15 bits per heavy atom. The zero-order chi connectivity index (χ0) is 14.3. The van der Waals surface area contributed by atoms with Crippen molar-refractivity contribution in [2.45, 2.75) is 26.2 Å². The van der Waals surface area contributed by atoms with E-state index in [-0.39, 0.29) is 23.7 Å². The van der Waals surface area contributed by atoms with Gasteiger partial charge in [-0.15, -0.1) is 0 Å². The van der Waals surface area contributed by atoms with E-state index in [2.05, 4.69) is 17.4 Å². The molecular formula is C16H20N2O2. The zero-order valence-electron chi connectivity index (χ0n) is 11.9. The molecule has 2 amide bonds. The van der Waals surface area contributed by atoms with Gasteiger partial charge in [-0.25, -0.2) is 0 Å². The molecule has 2 heterocycles. The maximum Gasteiger partial charge on any atom is 0.232 e. The molecule has 0 bridgehead atoms. The summed E-state index contributed by atoms with van der Waals surface area (Å²) in [6, 6.07) is 8.25. The zero-order valence-corrected chi connectivity index (χ0v) is 11.9. The minimum Gasteiger partial charge on any atom is -0.384 e. The Balaban J connectivity index is 1.67. The van der Waals surface area contributed by atoms with Crippen molar-refractivity contribution in [3.8, 4) is 0 Å². The molecule has 0 radical (unpaired) electrons. The lowest BCUT2D eigenvalue weighted by Gasteiger charge is -2.17. The molecule has 3 atom stereocenters. The number of carbonyl (C=O) groups is 2. The number of hydrogen-bond donors (Lipinski definition) is 1. The first-order chi connectivity index (χ1) is 9.59. The van der Waals surface area contributed by atoms with E-state index in [1.807, 2.05) is 26.0 Å². The van der Waals surface area contributed by atoms with E-state index in [0.29, 0.717) is 12.5 Å². The van der Waals surface area contributed by atoms with Gasteiger partial charge in [-0.05, 0) is 18.1 Å². The summed E-state index contributed by atoms with van der Waals surface area (Å²) in [6.07, 6.45) is 0.834. The molecule has 2 aliphatic heterocycles. The lowest BCUT2D eigenvalue weighted by molar-refractivity contribution is -0.139.